The van der Waals surface area contributed by atoms with Crippen molar-refractivity contribution in [2.75, 3.05) is 0 Å². The second-order valence-corrected chi connectivity index (χ2v) is 7.83. The molecule has 0 amide bonds. The number of hydrogen-bond donors (Lipinski definition) is 0. The average Bonchev–Trinajstić information content (AvgIpc) is 3.09. The monoisotopic (exact) mass is 359 g/mol. The molecule has 0 saturated carbocycles. The summed E-state index contributed by atoms with van der Waals surface area (Å²) in [5.41, 5.74) is 3.21. The first kappa shape index (κ1) is 16.4. The highest BCUT2D eigenvalue weighted by Gasteiger charge is 2.21. The van der Waals surface area contributed by atoms with Crippen molar-refractivity contribution in [1.82, 2.24) is 3.97 Å². The number of nitrogens with zero attached hydrogens (tertiary/aromatic N) is 1. The maximum Gasteiger partial charge on any atom is 0.268 e. The van der Waals surface area contributed by atoms with E-state index in [1.165, 1.54) is 3.97 Å². The molecule has 0 N–H and O–H groups in total. The highest BCUT2D eigenvalue weighted by atomic mass is 32.2. The smallest absolute Gasteiger partial charge is 0.241 e. The van der Waals surface area contributed by atoms with E-state index in [0.29, 0.717) is 5.52 Å². The van der Waals surface area contributed by atoms with Crippen LogP contribution in [0.25, 0.3) is 16.5 Å². The molecule has 1 heterocycles. The number of benzene rings is 3. The highest BCUT2D eigenvalue weighted by Crippen LogP contribution is 2.32. The molecule has 0 bridgehead atoms. The molecular formula is C22H17NO2S. The number of aromatic nitrogens is 1. The zero-order valence-electron chi connectivity index (χ0n) is 14.0. The molecule has 4 rings (SSSR count). The predicted molar refractivity (Wildman–Crippen MR) is 106 cm³/mol. The Morgan fingerprint density at radius 1 is 0.769 bits per heavy atom. The van der Waals surface area contributed by atoms with Crippen LogP contribution in [0.3, 0.4) is 0 Å². The molecule has 3 aromatic carbocycles. The largest absolute Gasteiger partial charge is 0.268 e. The van der Waals surface area contributed by atoms with Crippen molar-refractivity contribution in [3.05, 3.63) is 109 Å². The highest BCUT2D eigenvalue weighted by molar-refractivity contribution is 7.90. The van der Waals surface area contributed by atoms with Crippen LogP contribution >= 0.6 is 0 Å². The van der Waals surface area contributed by atoms with Gasteiger partial charge in [0.2, 0.25) is 0 Å². The zero-order chi connectivity index (χ0) is 18.1. The third-order valence-electron chi connectivity index (χ3n) is 4.43. The van der Waals surface area contributed by atoms with Crippen LogP contribution in [0.2, 0.25) is 0 Å². The maximum atomic E-state index is 13.2. The van der Waals surface area contributed by atoms with E-state index in [9.17, 15) is 8.42 Å². The topological polar surface area (TPSA) is 39.1 Å². The Morgan fingerprint density at radius 2 is 1.35 bits per heavy atom. The number of para-hydroxylation sites is 1. The number of fused-ring (bicyclic) bond motifs is 1. The van der Waals surface area contributed by atoms with Crippen molar-refractivity contribution in [2.45, 2.75) is 4.90 Å². The van der Waals surface area contributed by atoms with Gasteiger partial charge < -0.3 is 0 Å². The van der Waals surface area contributed by atoms with Gasteiger partial charge in [-0.3, -0.25) is 0 Å². The summed E-state index contributed by atoms with van der Waals surface area (Å²) in [4.78, 5) is 0.262. The minimum Gasteiger partial charge on any atom is -0.241 e. The minimum atomic E-state index is -3.68. The number of rotatable bonds is 4. The van der Waals surface area contributed by atoms with E-state index in [2.05, 4.69) is 6.58 Å². The van der Waals surface area contributed by atoms with E-state index in [1.807, 2.05) is 54.6 Å². The third kappa shape index (κ3) is 2.65. The summed E-state index contributed by atoms with van der Waals surface area (Å²) >= 11 is 0. The third-order valence-corrected chi connectivity index (χ3v) is 6.11. The van der Waals surface area contributed by atoms with Gasteiger partial charge in [-0.1, -0.05) is 73.3 Å². The van der Waals surface area contributed by atoms with Crippen molar-refractivity contribution in [3.63, 3.8) is 0 Å². The molecule has 4 aromatic rings. The summed E-state index contributed by atoms with van der Waals surface area (Å²) < 4.78 is 27.7. The van der Waals surface area contributed by atoms with Gasteiger partial charge in [0.1, 0.15) is 0 Å². The molecular weight excluding hydrogens is 342 g/mol. The van der Waals surface area contributed by atoms with Crippen LogP contribution < -0.4 is 0 Å². The van der Waals surface area contributed by atoms with Crippen LogP contribution in [0.1, 0.15) is 11.1 Å². The van der Waals surface area contributed by atoms with Crippen molar-refractivity contribution >= 4 is 26.5 Å². The molecule has 0 radical (unpaired) electrons. The van der Waals surface area contributed by atoms with Crippen LogP contribution in [-0.2, 0) is 10.0 Å². The molecule has 0 atom stereocenters. The quantitative estimate of drug-likeness (QED) is 0.518. The lowest BCUT2D eigenvalue weighted by atomic mass is 9.99. The molecule has 0 spiro atoms. The first-order valence-electron chi connectivity index (χ1n) is 8.24. The van der Waals surface area contributed by atoms with E-state index < -0.39 is 10.0 Å². The Kier molecular flexibility index (Phi) is 3.98. The van der Waals surface area contributed by atoms with Crippen LogP contribution in [0.15, 0.2) is 103 Å². The van der Waals surface area contributed by atoms with Gasteiger partial charge in [-0.05, 0) is 29.3 Å². The van der Waals surface area contributed by atoms with Crippen molar-refractivity contribution in [3.8, 4) is 0 Å². The van der Waals surface area contributed by atoms with E-state index in [4.69, 9.17) is 0 Å². The molecule has 4 heteroatoms. The molecule has 0 fully saturated rings. The van der Waals surface area contributed by atoms with Gasteiger partial charge in [-0.15, -0.1) is 0 Å². The summed E-state index contributed by atoms with van der Waals surface area (Å²) in [6, 6.07) is 25.7. The van der Waals surface area contributed by atoms with Crippen LogP contribution in [0.4, 0.5) is 0 Å². The Balaban J connectivity index is 1.95. The van der Waals surface area contributed by atoms with E-state index in [0.717, 1.165) is 22.1 Å². The molecule has 0 aliphatic carbocycles. The summed E-state index contributed by atoms with van der Waals surface area (Å²) in [6.45, 7) is 4.21. The molecule has 128 valence electrons. The summed E-state index contributed by atoms with van der Waals surface area (Å²) in [5, 5.41) is 0.862. The molecule has 0 aliphatic heterocycles. The molecule has 0 unspecified atom stereocenters. The lowest BCUT2D eigenvalue weighted by Crippen LogP contribution is -2.11. The Labute approximate surface area is 152 Å². The second kappa shape index (κ2) is 6.32. The first-order valence-corrected chi connectivity index (χ1v) is 9.68. The van der Waals surface area contributed by atoms with Crippen molar-refractivity contribution in [1.29, 1.82) is 0 Å². The molecule has 1 aromatic heterocycles. The average molecular weight is 359 g/mol. The van der Waals surface area contributed by atoms with Crippen molar-refractivity contribution in [2.24, 2.45) is 0 Å². The van der Waals surface area contributed by atoms with Gasteiger partial charge in [0, 0.05) is 17.1 Å². The number of hydrogen-bond acceptors (Lipinski definition) is 2. The van der Waals surface area contributed by atoms with E-state index >= 15 is 0 Å². The van der Waals surface area contributed by atoms with Gasteiger partial charge in [-0.2, -0.15) is 0 Å². The van der Waals surface area contributed by atoms with Crippen LogP contribution in [0.5, 0.6) is 0 Å². The van der Waals surface area contributed by atoms with Crippen molar-refractivity contribution < 1.29 is 8.42 Å². The first-order chi connectivity index (χ1) is 12.6. The van der Waals surface area contributed by atoms with Gasteiger partial charge in [0.25, 0.3) is 10.0 Å². The Morgan fingerprint density at radius 3 is 2.04 bits per heavy atom. The summed E-state index contributed by atoms with van der Waals surface area (Å²) in [6.07, 6.45) is 1.67. The molecule has 0 aliphatic rings. The van der Waals surface area contributed by atoms with Gasteiger partial charge in [-0.25, -0.2) is 12.4 Å². The second-order valence-electron chi connectivity index (χ2n) is 6.02. The normalized spacial score (nSPS) is 11.5. The minimum absolute atomic E-state index is 0.262. The predicted octanol–water partition coefficient (Wildman–Crippen LogP) is 4.94. The zero-order valence-corrected chi connectivity index (χ0v) is 14.9. The fraction of sp³-hybridized carbons (Fsp3) is 0. The van der Waals surface area contributed by atoms with Crippen LogP contribution in [-0.4, -0.2) is 12.4 Å². The van der Waals surface area contributed by atoms with E-state index in [1.54, 1.807) is 36.5 Å². The van der Waals surface area contributed by atoms with Crippen LogP contribution in [0, 0.1) is 0 Å². The molecule has 3 nitrogen and oxygen atoms in total. The Hall–Kier alpha value is -3.11. The fourth-order valence-electron chi connectivity index (χ4n) is 3.09. The van der Waals surface area contributed by atoms with Gasteiger partial charge >= 0.3 is 0 Å². The fourth-order valence-corrected chi connectivity index (χ4v) is 4.48. The molecule has 0 saturated heterocycles. The standard InChI is InChI=1S/C22H17NO2S/c1-17(18-10-4-2-5-11-18)21-16-23(22-15-9-8-14-20(21)22)26(24,25)19-12-6-3-7-13-19/h2-16H,1H2. The molecule has 26 heavy (non-hydrogen) atoms. The lowest BCUT2D eigenvalue weighted by molar-refractivity contribution is 0.589. The van der Waals surface area contributed by atoms with Gasteiger partial charge in [0.15, 0.2) is 0 Å². The SMILES string of the molecule is C=C(c1ccccc1)c1cn(S(=O)(=O)c2ccccc2)c2ccccc12. The lowest BCUT2D eigenvalue weighted by Gasteiger charge is -2.07. The van der Waals surface area contributed by atoms with Gasteiger partial charge in [0.05, 0.1) is 10.4 Å². The maximum absolute atomic E-state index is 13.2. The Bertz CT molecular complexity index is 1190. The van der Waals surface area contributed by atoms with E-state index in [-0.39, 0.29) is 4.90 Å². The summed E-state index contributed by atoms with van der Waals surface area (Å²) in [5.74, 6) is 0. The summed E-state index contributed by atoms with van der Waals surface area (Å²) in [7, 11) is -3.68.